The molecular weight excluding hydrogens is 324 g/mol. The summed E-state index contributed by atoms with van der Waals surface area (Å²) < 4.78 is 5.54. The highest BCUT2D eigenvalue weighted by molar-refractivity contribution is 5.96. The molecule has 0 spiro atoms. The van der Waals surface area contributed by atoms with E-state index in [1.165, 1.54) is 5.56 Å². The molecule has 3 aromatic rings. The number of amides is 1. The van der Waals surface area contributed by atoms with Crippen LogP contribution in [-0.4, -0.2) is 17.5 Å². The van der Waals surface area contributed by atoms with Crippen LogP contribution in [0.4, 0.5) is 0 Å². The van der Waals surface area contributed by atoms with Crippen molar-refractivity contribution < 1.29 is 9.53 Å². The number of carbonyl (C=O) groups is 1. The molecule has 0 saturated carbocycles. The second-order valence-electron chi connectivity index (χ2n) is 5.99. The van der Waals surface area contributed by atoms with Gasteiger partial charge < -0.3 is 10.1 Å². The van der Waals surface area contributed by atoms with Crippen LogP contribution in [0.5, 0.6) is 5.75 Å². The van der Waals surface area contributed by atoms with Crippen molar-refractivity contribution in [2.24, 2.45) is 0 Å². The van der Waals surface area contributed by atoms with Gasteiger partial charge in [0, 0.05) is 18.3 Å². The number of aromatic nitrogens is 1. The van der Waals surface area contributed by atoms with E-state index in [1.807, 2.05) is 43.3 Å². The van der Waals surface area contributed by atoms with Crippen LogP contribution >= 0.6 is 0 Å². The van der Waals surface area contributed by atoms with Crippen LogP contribution in [0.25, 0.3) is 11.3 Å². The van der Waals surface area contributed by atoms with E-state index < -0.39 is 0 Å². The minimum atomic E-state index is -0.159. The Kier molecular flexibility index (Phi) is 5.64. The number of nitrogens with zero attached hydrogens (tertiary/aromatic N) is 1. The van der Waals surface area contributed by atoms with Crippen LogP contribution in [0.3, 0.4) is 0 Å². The summed E-state index contributed by atoms with van der Waals surface area (Å²) in [4.78, 5) is 17.1. The van der Waals surface area contributed by atoms with E-state index in [9.17, 15) is 4.79 Å². The van der Waals surface area contributed by atoms with Gasteiger partial charge in [-0.3, -0.25) is 9.78 Å². The average Bonchev–Trinajstić information content (AvgIpc) is 2.67. The number of ether oxygens (including phenoxy) is 1. The molecule has 0 aliphatic carbocycles. The van der Waals surface area contributed by atoms with Gasteiger partial charge in [0.05, 0.1) is 17.9 Å². The van der Waals surface area contributed by atoms with Gasteiger partial charge in [0.25, 0.3) is 5.91 Å². The number of hydrogen-bond acceptors (Lipinski definition) is 3. The average molecular weight is 346 g/mol. The zero-order valence-corrected chi connectivity index (χ0v) is 15.0. The molecule has 26 heavy (non-hydrogen) atoms. The number of benzene rings is 2. The highest BCUT2D eigenvalue weighted by atomic mass is 16.5. The molecule has 1 heterocycles. The highest BCUT2D eigenvalue weighted by Crippen LogP contribution is 2.23. The molecule has 132 valence electrons. The van der Waals surface area contributed by atoms with Gasteiger partial charge in [-0.1, -0.05) is 42.0 Å². The lowest BCUT2D eigenvalue weighted by Gasteiger charge is -2.12. The Morgan fingerprint density at radius 1 is 1.08 bits per heavy atom. The van der Waals surface area contributed by atoms with Crippen molar-refractivity contribution in [1.29, 1.82) is 0 Å². The van der Waals surface area contributed by atoms with Crippen LogP contribution in [0, 0.1) is 6.92 Å². The third kappa shape index (κ3) is 4.09. The molecule has 2 aromatic carbocycles. The molecule has 0 aliphatic heterocycles. The Labute approximate surface area is 153 Å². The minimum absolute atomic E-state index is 0.159. The Bertz CT molecular complexity index is 906. The van der Waals surface area contributed by atoms with E-state index in [4.69, 9.17) is 4.74 Å². The van der Waals surface area contributed by atoms with Gasteiger partial charge in [-0.25, -0.2) is 0 Å². The fourth-order valence-corrected chi connectivity index (χ4v) is 2.84. The van der Waals surface area contributed by atoms with E-state index in [-0.39, 0.29) is 5.91 Å². The molecule has 0 bridgehead atoms. The predicted molar refractivity (Wildman–Crippen MR) is 103 cm³/mol. The molecule has 1 amide bonds. The number of hydrogen-bond donors (Lipinski definition) is 1. The molecular formula is C22H22N2O2. The van der Waals surface area contributed by atoms with Crippen LogP contribution < -0.4 is 10.1 Å². The van der Waals surface area contributed by atoms with Gasteiger partial charge in [0.15, 0.2) is 0 Å². The summed E-state index contributed by atoms with van der Waals surface area (Å²) in [6, 6.07) is 19.3. The molecule has 0 atom stereocenters. The maximum absolute atomic E-state index is 12.6. The van der Waals surface area contributed by atoms with Crippen molar-refractivity contribution in [3.8, 4) is 17.0 Å². The van der Waals surface area contributed by atoms with Crippen molar-refractivity contribution in [1.82, 2.24) is 10.3 Å². The first-order valence-corrected chi connectivity index (χ1v) is 8.70. The van der Waals surface area contributed by atoms with Crippen molar-refractivity contribution in [3.05, 3.63) is 83.6 Å². The van der Waals surface area contributed by atoms with E-state index in [0.717, 1.165) is 16.8 Å². The number of carbonyl (C=O) groups excluding carboxylic acids is 1. The van der Waals surface area contributed by atoms with Crippen LogP contribution in [0.15, 0.2) is 66.9 Å². The molecule has 4 heteroatoms. The fourth-order valence-electron chi connectivity index (χ4n) is 2.84. The van der Waals surface area contributed by atoms with Gasteiger partial charge in [-0.05, 0) is 43.7 Å². The lowest BCUT2D eigenvalue weighted by Crippen LogP contribution is -2.24. The van der Waals surface area contributed by atoms with Crippen LogP contribution in [0.1, 0.15) is 28.4 Å². The Balaban J connectivity index is 1.80. The summed E-state index contributed by atoms with van der Waals surface area (Å²) >= 11 is 0. The smallest absolute Gasteiger partial charge is 0.255 e. The van der Waals surface area contributed by atoms with Gasteiger partial charge in [0.1, 0.15) is 5.75 Å². The third-order valence-corrected chi connectivity index (χ3v) is 4.05. The first kappa shape index (κ1) is 17.7. The molecule has 4 nitrogen and oxygen atoms in total. The van der Waals surface area contributed by atoms with E-state index in [1.54, 1.807) is 18.3 Å². The SMILES string of the molecule is CCOc1ccccc1C(=O)NCc1cccnc1-c1cccc(C)c1. The van der Waals surface area contributed by atoms with E-state index in [0.29, 0.717) is 24.5 Å². The summed E-state index contributed by atoms with van der Waals surface area (Å²) in [6.07, 6.45) is 1.77. The Morgan fingerprint density at radius 3 is 2.73 bits per heavy atom. The van der Waals surface area contributed by atoms with E-state index >= 15 is 0 Å². The quantitative estimate of drug-likeness (QED) is 0.720. The minimum Gasteiger partial charge on any atom is -0.493 e. The predicted octanol–water partition coefficient (Wildman–Crippen LogP) is 4.39. The molecule has 0 saturated heterocycles. The zero-order valence-electron chi connectivity index (χ0n) is 15.0. The molecule has 0 aliphatic rings. The lowest BCUT2D eigenvalue weighted by molar-refractivity contribution is 0.0947. The number of aryl methyl sites for hydroxylation is 1. The summed E-state index contributed by atoms with van der Waals surface area (Å²) in [5.74, 6) is 0.436. The number of rotatable bonds is 6. The molecule has 3 rings (SSSR count). The number of nitrogens with one attached hydrogen (secondary N) is 1. The van der Waals surface area contributed by atoms with Crippen LogP contribution in [0.2, 0.25) is 0 Å². The monoisotopic (exact) mass is 346 g/mol. The standard InChI is InChI=1S/C22H22N2O2/c1-3-26-20-12-5-4-11-19(20)22(25)24-15-18-10-7-13-23-21(18)17-9-6-8-16(2)14-17/h4-14H,3,15H2,1-2H3,(H,24,25). The Hall–Kier alpha value is -3.14. The van der Waals surface area contributed by atoms with Crippen molar-refractivity contribution in [3.63, 3.8) is 0 Å². The summed E-state index contributed by atoms with van der Waals surface area (Å²) in [6.45, 7) is 4.87. The summed E-state index contributed by atoms with van der Waals surface area (Å²) in [5.41, 5.74) is 4.61. The maximum atomic E-state index is 12.6. The van der Waals surface area contributed by atoms with Gasteiger partial charge >= 0.3 is 0 Å². The van der Waals surface area contributed by atoms with Crippen molar-refractivity contribution in [2.45, 2.75) is 20.4 Å². The van der Waals surface area contributed by atoms with E-state index in [2.05, 4.69) is 29.4 Å². The first-order valence-electron chi connectivity index (χ1n) is 8.70. The van der Waals surface area contributed by atoms with Gasteiger partial charge in [0.2, 0.25) is 0 Å². The van der Waals surface area contributed by atoms with Gasteiger partial charge in [-0.15, -0.1) is 0 Å². The number of pyridine rings is 1. The fraction of sp³-hybridized carbons (Fsp3) is 0.182. The summed E-state index contributed by atoms with van der Waals surface area (Å²) in [7, 11) is 0. The maximum Gasteiger partial charge on any atom is 0.255 e. The second-order valence-corrected chi connectivity index (χ2v) is 5.99. The van der Waals surface area contributed by atoms with Crippen LogP contribution in [-0.2, 0) is 6.54 Å². The molecule has 0 radical (unpaired) electrons. The first-order chi connectivity index (χ1) is 12.7. The highest BCUT2D eigenvalue weighted by Gasteiger charge is 2.13. The molecule has 1 N–H and O–H groups in total. The summed E-state index contributed by atoms with van der Waals surface area (Å²) in [5, 5.41) is 2.98. The van der Waals surface area contributed by atoms with Crippen molar-refractivity contribution >= 4 is 5.91 Å². The topological polar surface area (TPSA) is 51.2 Å². The molecule has 1 aromatic heterocycles. The molecule has 0 unspecified atom stereocenters. The second kappa shape index (κ2) is 8.30. The lowest BCUT2D eigenvalue weighted by atomic mass is 10.0. The number of para-hydroxylation sites is 1. The van der Waals surface area contributed by atoms with Gasteiger partial charge in [-0.2, -0.15) is 0 Å². The van der Waals surface area contributed by atoms with Crippen molar-refractivity contribution in [2.75, 3.05) is 6.61 Å². The third-order valence-electron chi connectivity index (χ3n) is 4.05. The molecule has 0 fully saturated rings. The largest absolute Gasteiger partial charge is 0.493 e. The zero-order chi connectivity index (χ0) is 18.4. The Morgan fingerprint density at radius 2 is 1.92 bits per heavy atom. The normalized spacial score (nSPS) is 10.4.